The van der Waals surface area contributed by atoms with Crippen LogP contribution in [0.5, 0.6) is 0 Å². The third kappa shape index (κ3) is 4.82. The normalized spacial score (nSPS) is 10.2. The van der Waals surface area contributed by atoms with Gasteiger partial charge in [0.15, 0.2) is 0 Å². The summed E-state index contributed by atoms with van der Waals surface area (Å²) in [5.74, 6) is -0.365. The lowest BCUT2D eigenvalue weighted by Gasteiger charge is -2.20. The standard InChI is InChI=1S/C17H18BrN3O2/c1-12(22)21(16-7-3-6-15(19)11-16)17(23)20-9-8-13-4-2-5-14(18)10-13/h2-7,10-11H,8-9,19H2,1H3,(H,20,23). The monoisotopic (exact) mass is 375 g/mol. The molecule has 3 amide bonds. The van der Waals surface area contributed by atoms with Gasteiger partial charge in [-0.3, -0.25) is 4.79 Å². The van der Waals surface area contributed by atoms with Gasteiger partial charge in [-0.1, -0.05) is 34.1 Å². The predicted octanol–water partition coefficient (Wildman–Crippen LogP) is 3.34. The lowest BCUT2D eigenvalue weighted by Crippen LogP contribution is -2.43. The topological polar surface area (TPSA) is 75.4 Å². The summed E-state index contributed by atoms with van der Waals surface area (Å²) in [5, 5.41) is 2.76. The van der Waals surface area contributed by atoms with E-state index in [0.717, 1.165) is 14.9 Å². The third-order valence-electron chi connectivity index (χ3n) is 3.23. The zero-order valence-electron chi connectivity index (χ0n) is 12.8. The Hall–Kier alpha value is -2.34. The van der Waals surface area contributed by atoms with E-state index in [1.807, 2.05) is 24.3 Å². The molecular formula is C17H18BrN3O2. The van der Waals surface area contributed by atoms with Crippen molar-refractivity contribution in [3.63, 3.8) is 0 Å². The molecule has 0 aliphatic carbocycles. The Kier molecular flexibility index (Phi) is 5.76. The Balaban J connectivity index is 2.00. The fourth-order valence-electron chi connectivity index (χ4n) is 2.19. The molecule has 0 aliphatic rings. The summed E-state index contributed by atoms with van der Waals surface area (Å²) >= 11 is 3.41. The largest absolute Gasteiger partial charge is 0.399 e. The molecule has 120 valence electrons. The summed E-state index contributed by atoms with van der Waals surface area (Å²) in [6.45, 7) is 1.78. The number of halogens is 1. The van der Waals surface area contributed by atoms with Gasteiger partial charge < -0.3 is 11.1 Å². The highest BCUT2D eigenvalue weighted by atomic mass is 79.9. The molecule has 0 bridgehead atoms. The number of nitrogens with one attached hydrogen (secondary N) is 1. The summed E-state index contributed by atoms with van der Waals surface area (Å²) in [6.07, 6.45) is 0.674. The molecule has 0 heterocycles. The molecule has 0 saturated carbocycles. The number of nitrogens with two attached hydrogens (primary N) is 1. The van der Waals surface area contributed by atoms with Gasteiger partial charge in [-0.25, -0.2) is 9.69 Å². The first-order chi connectivity index (χ1) is 11.0. The van der Waals surface area contributed by atoms with Crippen molar-refractivity contribution in [3.05, 3.63) is 58.6 Å². The summed E-state index contributed by atoms with van der Waals surface area (Å²) in [7, 11) is 0. The highest BCUT2D eigenvalue weighted by Crippen LogP contribution is 2.18. The van der Waals surface area contributed by atoms with Gasteiger partial charge >= 0.3 is 6.03 Å². The Morgan fingerprint density at radius 3 is 2.57 bits per heavy atom. The maximum atomic E-state index is 12.3. The molecule has 0 saturated heterocycles. The average molecular weight is 376 g/mol. The number of benzene rings is 2. The number of imide groups is 1. The van der Waals surface area contributed by atoms with E-state index in [0.29, 0.717) is 24.3 Å². The number of nitrogens with zero attached hydrogens (tertiary/aromatic N) is 1. The van der Waals surface area contributed by atoms with Gasteiger partial charge in [0.1, 0.15) is 0 Å². The zero-order chi connectivity index (χ0) is 16.8. The Bertz CT molecular complexity index is 718. The Morgan fingerprint density at radius 1 is 1.17 bits per heavy atom. The zero-order valence-corrected chi connectivity index (χ0v) is 14.3. The van der Waals surface area contributed by atoms with Crippen molar-refractivity contribution < 1.29 is 9.59 Å². The number of carbonyl (C=O) groups excluding carboxylic acids is 2. The number of amides is 3. The lowest BCUT2D eigenvalue weighted by atomic mass is 10.1. The molecule has 5 nitrogen and oxygen atoms in total. The molecular weight excluding hydrogens is 358 g/mol. The van der Waals surface area contributed by atoms with E-state index in [9.17, 15) is 9.59 Å². The van der Waals surface area contributed by atoms with Gasteiger partial charge in [0.2, 0.25) is 5.91 Å². The van der Waals surface area contributed by atoms with E-state index in [1.165, 1.54) is 6.92 Å². The van der Waals surface area contributed by atoms with Gasteiger partial charge in [-0.15, -0.1) is 0 Å². The van der Waals surface area contributed by atoms with Crippen molar-refractivity contribution in [2.75, 3.05) is 17.2 Å². The van der Waals surface area contributed by atoms with Crippen molar-refractivity contribution in [3.8, 4) is 0 Å². The van der Waals surface area contributed by atoms with Gasteiger partial charge in [0.25, 0.3) is 0 Å². The van der Waals surface area contributed by atoms with Crippen LogP contribution in [0.1, 0.15) is 12.5 Å². The van der Waals surface area contributed by atoms with Crippen LogP contribution in [-0.4, -0.2) is 18.5 Å². The van der Waals surface area contributed by atoms with Crippen molar-refractivity contribution in [2.45, 2.75) is 13.3 Å². The van der Waals surface area contributed by atoms with Crippen LogP contribution in [0.3, 0.4) is 0 Å². The minimum atomic E-state index is -0.460. The second kappa shape index (κ2) is 7.78. The summed E-state index contributed by atoms with van der Waals surface area (Å²) in [6, 6.07) is 14.1. The number of urea groups is 1. The van der Waals surface area contributed by atoms with Gasteiger partial charge in [-0.05, 0) is 42.3 Å². The summed E-state index contributed by atoms with van der Waals surface area (Å²) < 4.78 is 0.992. The number of carbonyl (C=O) groups is 2. The first-order valence-electron chi connectivity index (χ1n) is 7.16. The Morgan fingerprint density at radius 2 is 1.91 bits per heavy atom. The van der Waals surface area contributed by atoms with Crippen LogP contribution in [0.4, 0.5) is 16.2 Å². The number of hydrogen-bond donors (Lipinski definition) is 2. The molecule has 0 radical (unpaired) electrons. The summed E-state index contributed by atoms with van der Waals surface area (Å²) in [4.78, 5) is 25.2. The Labute approximate surface area is 143 Å². The molecule has 6 heteroatoms. The SMILES string of the molecule is CC(=O)N(C(=O)NCCc1cccc(Br)c1)c1cccc(N)c1. The van der Waals surface area contributed by atoms with E-state index >= 15 is 0 Å². The molecule has 3 N–H and O–H groups in total. The van der Waals surface area contributed by atoms with Crippen LogP contribution >= 0.6 is 15.9 Å². The molecule has 23 heavy (non-hydrogen) atoms. The molecule has 2 aromatic carbocycles. The highest BCUT2D eigenvalue weighted by molar-refractivity contribution is 9.10. The molecule has 0 fully saturated rings. The van der Waals surface area contributed by atoms with Crippen LogP contribution < -0.4 is 16.0 Å². The maximum absolute atomic E-state index is 12.3. The molecule has 0 spiro atoms. The van der Waals surface area contributed by atoms with Gasteiger partial charge in [0, 0.05) is 23.6 Å². The van der Waals surface area contributed by atoms with E-state index in [-0.39, 0.29) is 5.91 Å². The lowest BCUT2D eigenvalue weighted by molar-refractivity contribution is -0.115. The molecule has 2 aromatic rings. The van der Waals surface area contributed by atoms with E-state index in [1.54, 1.807) is 24.3 Å². The first kappa shape index (κ1) is 17.0. The smallest absolute Gasteiger partial charge is 0.328 e. The first-order valence-corrected chi connectivity index (χ1v) is 7.95. The van der Waals surface area contributed by atoms with Crippen molar-refractivity contribution >= 4 is 39.2 Å². The molecule has 2 rings (SSSR count). The van der Waals surface area contributed by atoms with Crippen LogP contribution in [0, 0.1) is 0 Å². The van der Waals surface area contributed by atoms with E-state index in [2.05, 4.69) is 21.2 Å². The number of nitrogen functional groups attached to an aromatic ring is 1. The van der Waals surface area contributed by atoms with E-state index < -0.39 is 6.03 Å². The number of rotatable bonds is 4. The minimum Gasteiger partial charge on any atom is -0.399 e. The van der Waals surface area contributed by atoms with Crippen molar-refractivity contribution in [1.82, 2.24) is 5.32 Å². The van der Waals surface area contributed by atoms with Crippen LogP contribution in [0.2, 0.25) is 0 Å². The van der Waals surface area contributed by atoms with Gasteiger partial charge in [-0.2, -0.15) is 0 Å². The van der Waals surface area contributed by atoms with Crippen molar-refractivity contribution in [1.29, 1.82) is 0 Å². The van der Waals surface area contributed by atoms with Crippen molar-refractivity contribution in [2.24, 2.45) is 0 Å². The average Bonchev–Trinajstić information content (AvgIpc) is 2.47. The molecule has 0 unspecified atom stereocenters. The molecule has 0 aromatic heterocycles. The third-order valence-corrected chi connectivity index (χ3v) is 3.72. The number of anilines is 2. The second-order valence-electron chi connectivity index (χ2n) is 5.06. The second-order valence-corrected chi connectivity index (χ2v) is 5.98. The fourth-order valence-corrected chi connectivity index (χ4v) is 2.64. The van der Waals surface area contributed by atoms with Crippen LogP contribution in [-0.2, 0) is 11.2 Å². The molecule has 0 aliphatic heterocycles. The minimum absolute atomic E-state index is 0.365. The molecule has 0 atom stereocenters. The predicted molar refractivity (Wildman–Crippen MR) is 95.3 cm³/mol. The highest BCUT2D eigenvalue weighted by Gasteiger charge is 2.19. The quantitative estimate of drug-likeness (QED) is 0.804. The summed E-state index contributed by atoms with van der Waals surface area (Å²) in [5.41, 5.74) is 7.76. The van der Waals surface area contributed by atoms with Crippen LogP contribution in [0.25, 0.3) is 0 Å². The van der Waals surface area contributed by atoms with Crippen LogP contribution in [0.15, 0.2) is 53.0 Å². The van der Waals surface area contributed by atoms with E-state index in [4.69, 9.17) is 5.73 Å². The number of hydrogen-bond acceptors (Lipinski definition) is 3. The van der Waals surface area contributed by atoms with Gasteiger partial charge in [0.05, 0.1) is 5.69 Å². The fraction of sp³-hybridized carbons (Fsp3) is 0.176. The maximum Gasteiger partial charge on any atom is 0.328 e.